The molecule has 1 saturated heterocycles. The highest BCUT2D eigenvalue weighted by molar-refractivity contribution is 6.30. The van der Waals surface area contributed by atoms with Gasteiger partial charge in [-0.3, -0.25) is 4.79 Å². The minimum atomic E-state index is -0.00561. The molecule has 0 spiro atoms. The van der Waals surface area contributed by atoms with E-state index in [2.05, 4.69) is 21.3 Å². The van der Waals surface area contributed by atoms with Crippen LogP contribution in [0, 0.1) is 11.3 Å². The number of carbonyl (C=O) groups excluding carboxylic acids is 1. The Bertz CT molecular complexity index is 956. The molecule has 4 rings (SSSR count). The molecule has 0 aromatic carbocycles. The van der Waals surface area contributed by atoms with Crippen molar-refractivity contribution in [3.8, 4) is 6.07 Å². The maximum atomic E-state index is 11.7. The maximum absolute atomic E-state index is 11.7. The fourth-order valence-corrected chi connectivity index (χ4v) is 4.01. The first kappa shape index (κ1) is 18.5. The van der Waals surface area contributed by atoms with Gasteiger partial charge < -0.3 is 15.1 Å². The van der Waals surface area contributed by atoms with Crippen LogP contribution < -0.4 is 10.2 Å². The Morgan fingerprint density at radius 3 is 2.93 bits per heavy atom. The predicted octanol–water partition coefficient (Wildman–Crippen LogP) is 2.62. The van der Waals surface area contributed by atoms with Gasteiger partial charge in [-0.1, -0.05) is 11.6 Å². The largest absolute Gasteiger partial charge is 0.369 e. The van der Waals surface area contributed by atoms with E-state index in [0.717, 1.165) is 42.4 Å². The van der Waals surface area contributed by atoms with Crippen LogP contribution in [0.3, 0.4) is 0 Å². The van der Waals surface area contributed by atoms with Gasteiger partial charge in [0.2, 0.25) is 5.91 Å². The molecule has 144 valence electrons. The third-order valence-electron chi connectivity index (χ3n) is 5.32. The van der Waals surface area contributed by atoms with Crippen LogP contribution in [0.15, 0.2) is 24.4 Å². The standard InChI is InChI=1S/C20H21ClN6O/c1-13(28)26-3-2-4-27(6-5-26)19-8-14(10-22)7-18(25-19)17-12-24-20-16(17)9-15(21)11-23-20/h7-9,11,17H,2-6,12H2,1H3,(H,23,24). The highest BCUT2D eigenvalue weighted by atomic mass is 35.5. The molecule has 1 unspecified atom stereocenters. The van der Waals surface area contributed by atoms with E-state index in [4.69, 9.17) is 16.6 Å². The van der Waals surface area contributed by atoms with Gasteiger partial charge in [0.25, 0.3) is 0 Å². The van der Waals surface area contributed by atoms with E-state index in [1.807, 2.05) is 23.1 Å². The molecular weight excluding hydrogens is 376 g/mol. The Morgan fingerprint density at radius 1 is 1.29 bits per heavy atom. The number of nitrogens with zero attached hydrogens (tertiary/aromatic N) is 5. The zero-order valence-electron chi connectivity index (χ0n) is 15.7. The number of halogens is 1. The topological polar surface area (TPSA) is 85.2 Å². The smallest absolute Gasteiger partial charge is 0.219 e. The number of rotatable bonds is 2. The Kier molecular flexibility index (Phi) is 5.05. The normalized spacial score (nSPS) is 18.8. The van der Waals surface area contributed by atoms with Crippen molar-refractivity contribution in [2.45, 2.75) is 19.3 Å². The summed E-state index contributed by atoms with van der Waals surface area (Å²) in [5.74, 6) is 1.68. The number of fused-ring (bicyclic) bond motifs is 1. The lowest BCUT2D eigenvalue weighted by Crippen LogP contribution is -2.34. The molecule has 2 aliphatic heterocycles. The molecule has 28 heavy (non-hydrogen) atoms. The highest BCUT2D eigenvalue weighted by Gasteiger charge is 2.28. The van der Waals surface area contributed by atoms with Gasteiger partial charge >= 0.3 is 0 Å². The summed E-state index contributed by atoms with van der Waals surface area (Å²) in [5.41, 5.74) is 2.41. The van der Waals surface area contributed by atoms with Crippen LogP contribution in [-0.2, 0) is 4.79 Å². The molecule has 0 saturated carbocycles. The summed E-state index contributed by atoms with van der Waals surface area (Å²) in [6.45, 7) is 5.19. The van der Waals surface area contributed by atoms with E-state index < -0.39 is 0 Å². The zero-order chi connectivity index (χ0) is 19.7. The Labute approximate surface area is 168 Å². The Hall–Kier alpha value is -2.85. The van der Waals surface area contributed by atoms with Crippen molar-refractivity contribution < 1.29 is 4.79 Å². The van der Waals surface area contributed by atoms with Crippen LogP contribution in [-0.4, -0.2) is 53.5 Å². The second kappa shape index (κ2) is 7.64. The SMILES string of the molecule is CC(=O)N1CCCN(c2cc(C#N)cc(C3CNc4ncc(Cl)cc43)n2)CC1. The van der Waals surface area contributed by atoms with Gasteiger partial charge in [0.1, 0.15) is 11.6 Å². The third kappa shape index (κ3) is 3.60. The molecule has 7 nitrogen and oxygen atoms in total. The molecule has 1 fully saturated rings. The van der Waals surface area contributed by atoms with E-state index in [1.165, 1.54) is 0 Å². The molecule has 2 aliphatic rings. The number of hydrogen-bond acceptors (Lipinski definition) is 6. The van der Waals surface area contributed by atoms with Crippen molar-refractivity contribution in [1.82, 2.24) is 14.9 Å². The summed E-state index contributed by atoms with van der Waals surface area (Å²) in [6, 6.07) is 7.83. The first-order chi connectivity index (χ1) is 13.5. The van der Waals surface area contributed by atoms with Crippen LogP contribution >= 0.6 is 11.6 Å². The maximum Gasteiger partial charge on any atom is 0.219 e. The molecule has 2 aromatic rings. The molecule has 0 bridgehead atoms. The second-order valence-electron chi connectivity index (χ2n) is 7.12. The van der Waals surface area contributed by atoms with E-state index in [-0.39, 0.29) is 11.8 Å². The summed E-state index contributed by atoms with van der Waals surface area (Å²) in [5, 5.41) is 13.4. The lowest BCUT2D eigenvalue weighted by molar-refractivity contribution is -0.128. The molecule has 8 heteroatoms. The lowest BCUT2D eigenvalue weighted by atomic mass is 9.97. The van der Waals surface area contributed by atoms with Crippen molar-refractivity contribution in [1.29, 1.82) is 5.26 Å². The third-order valence-corrected chi connectivity index (χ3v) is 5.52. The van der Waals surface area contributed by atoms with Gasteiger partial charge in [0, 0.05) is 57.3 Å². The number of aromatic nitrogens is 2. The van der Waals surface area contributed by atoms with Crippen LogP contribution in [0.25, 0.3) is 0 Å². The number of carbonyl (C=O) groups is 1. The summed E-state index contributed by atoms with van der Waals surface area (Å²) >= 11 is 6.14. The second-order valence-corrected chi connectivity index (χ2v) is 7.56. The Balaban J connectivity index is 1.66. The fourth-order valence-electron chi connectivity index (χ4n) is 3.84. The van der Waals surface area contributed by atoms with Crippen molar-refractivity contribution in [2.75, 3.05) is 42.9 Å². The average Bonchev–Trinajstić information content (AvgIpc) is 2.94. The van der Waals surface area contributed by atoms with E-state index in [0.29, 0.717) is 30.2 Å². The van der Waals surface area contributed by atoms with Crippen LogP contribution in [0.4, 0.5) is 11.6 Å². The first-order valence-electron chi connectivity index (χ1n) is 9.37. The van der Waals surface area contributed by atoms with Crippen molar-refractivity contribution >= 4 is 29.1 Å². The monoisotopic (exact) mass is 396 g/mol. The number of pyridine rings is 2. The fraction of sp³-hybridized carbons (Fsp3) is 0.400. The molecule has 2 aromatic heterocycles. The quantitative estimate of drug-likeness (QED) is 0.839. The molecule has 1 atom stereocenters. The lowest BCUT2D eigenvalue weighted by Gasteiger charge is -2.23. The summed E-state index contributed by atoms with van der Waals surface area (Å²) in [6.07, 6.45) is 2.50. The predicted molar refractivity (Wildman–Crippen MR) is 108 cm³/mol. The van der Waals surface area contributed by atoms with Crippen LogP contribution in [0.1, 0.15) is 36.1 Å². The molecule has 4 heterocycles. The van der Waals surface area contributed by atoms with Crippen molar-refractivity contribution in [3.63, 3.8) is 0 Å². The van der Waals surface area contributed by atoms with E-state index in [1.54, 1.807) is 13.1 Å². The minimum Gasteiger partial charge on any atom is -0.369 e. The Morgan fingerprint density at radius 2 is 2.14 bits per heavy atom. The molecule has 1 N–H and O–H groups in total. The molecule has 0 radical (unpaired) electrons. The van der Waals surface area contributed by atoms with Crippen LogP contribution in [0.5, 0.6) is 0 Å². The van der Waals surface area contributed by atoms with Gasteiger partial charge in [-0.2, -0.15) is 5.26 Å². The molecule has 0 aliphatic carbocycles. The van der Waals surface area contributed by atoms with Gasteiger partial charge in [-0.05, 0) is 24.6 Å². The minimum absolute atomic E-state index is 0.00561. The van der Waals surface area contributed by atoms with E-state index in [9.17, 15) is 10.1 Å². The number of nitriles is 1. The summed E-state index contributed by atoms with van der Waals surface area (Å²) < 4.78 is 0. The number of amides is 1. The number of hydrogen-bond donors (Lipinski definition) is 1. The molecular formula is C20H21ClN6O. The zero-order valence-corrected chi connectivity index (χ0v) is 16.4. The highest BCUT2D eigenvalue weighted by Crippen LogP contribution is 2.36. The van der Waals surface area contributed by atoms with Gasteiger partial charge in [0.05, 0.1) is 22.3 Å². The van der Waals surface area contributed by atoms with E-state index >= 15 is 0 Å². The number of anilines is 2. The van der Waals surface area contributed by atoms with Crippen molar-refractivity contribution in [2.24, 2.45) is 0 Å². The number of nitrogens with one attached hydrogen (secondary N) is 1. The summed E-state index contributed by atoms with van der Waals surface area (Å²) in [4.78, 5) is 24.9. The van der Waals surface area contributed by atoms with Crippen molar-refractivity contribution in [3.05, 3.63) is 46.2 Å². The average molecular weight is 397 g/mol. The first-order valence-corrected chi connectivity index (χ1v) is 9.75. The van der Waals surface area contributed by atoms with Gasteiger partial charge in [-0.25, -0.2) is 9.97 Å². The summed E-state index contributed by atoms with van der Waals surface area (Å²) in [7, 11) is 0. The van der Waals surface area contributed by atoms with Gasteiger partial charge in [-0.15, -0.1) is 0 Å². The molecule has 1 amide bonds. The van der Waals surface area contributed by atoms with Gasteiger partial charge in [0.15, 0.2) is 0 Å². The van der Waals surface area contributed by atoms with Crippen LogP contribution in [0.2, 0.25) is 5.02 Å².